The Labute approximate surface area is 135 Å². The molecule has 3 rings (SSSR count). The highest BCUT2D eigenvalue weighted by molar-refractivity contribution is 6.06. The van der Waals surface area contributed by atoms with Gasteiger partial charge in [0.05, 0.1) is 16.6 Å². The van der Waals surface area contributed by atoms with Gasteiger partial charge in [-0.05, 0) is 18.9 Å². The van der Waals surface area contributed by atoms with Crippen molar-refractivity contribution in [2.24, 2.45) is 5.92 Å². The minimum atomic E-state index is -0.0810. The second-order valence-electron chi connectivity index (χ2n) is 5.95. The monoisotopic (exact) mass is 324 g/mol. The molecule has 6 nitrogen and oxygen atoms in total. The lowest BCUT2D eigenvalue weighted by molar-refractivity contribution is 0.0943. The molecule has 0 aromatic carbocycles. The Kier molecular flexibility index (Phi) is 5.03. The third-order valence-electron chi connectivity index (χ3n) is 3.81. The number of carbonyl (C=O) groups is 1. The van der Waals surface area contributed by atoms with Gasteiger partial charge in [-0.25, -0.2) is 4.98 Å². The molecule has 1 fully saturated rings. The second-order valence-corrected chi connectivity index (χ2v) is 5.95. The van der Waals surface area contributed by atoms with E-state index in [-0.39, 0.29) is 24.2 Å². The zero-order valence-corrected chi connectivity index (χ0v) is 13.8. The number of hydrogen-bond acceptors (Lipinski definition) is 5. The van der Waals surface area contributed by atoms with E-state index in [9.17, 15) is 4.79 Å². The first kappa shape index (κ1) is 16.7. The van der Waals surface area contributed by atoms with Gasteiger partial charge in [-0.1, -0.05) is 19.0 Å². The number of halogens is 1. The van der Waals surface area contributed by atoms with Gasteiger partial charge in [-0.15, -0.1) is 12.4 Å². The predicted octanol–water partition coefficient (Wildman–Crippen LogP) is 2.03. The molecule has 120 valence electrons. The summed E-state index contributed by atoms with van der Waals surface area (Å²) < 4.78 is 5.29. The van der Waals surface area contributed by atoms with Gasteiger partial charge in [-0.2, -0.15) is 0 Å². The van der Waals surface area contributed by atoms with Crippen molar-refractivity contribution in [3.63, 3.8) is 0 Å². The summed E-state index contributed by atoms with van der Waals surface area (Å²) >= 11 is 0. The smallest absolute Gasteiger partial charge is 0.259 e. The van der Waals surface area contributed by atoms with Crippen LogP contribution in [0.1, 0.15) is 41.5 Å². The molecule has 7 heteroatoms. The van der Waals surface area contributed by atoms with Gasteiger partial charge < -0.3 is 15.2 Å². The maximum absolute atomic E-state index is 12.5. The number of pyridine rings is 1. The fraction of sp³-hybridized carbons (Fsp3) is 0.533. The lowest BCUT2D eigenvalue weighted by atomic mass is 10.0. The fourth-order valence-corrected chi connectivity index (χ4v) is 2.49. The summed E-state index contributed by atoms with van der Waals surface area (Å²) in [5.74, 6) is 0.625. The van der Waals surface area contributed by atoms with Crippen LogP contribution in [0.3, 0.4) is 0 Å². The largest absolute Gasteiger partial charge is 0.352 e. The van der Waals surface area contributed by atoms with Crippen molar-refractivity contribution >= 4 is 29.4 Å². The Hall–Kier alpha value is -1.66. The van der Waals surface area contributed by atoms with Crippen LogP contribution in [0.15, 0.2) is 10.6 Å². The van der Waals surface area contributed by atoms with Gasteiger partial charge in [0.1, 0.15) is 0 Å². The van der Waals surface area contributed by atoms with E-state index in [1.54, 1.807) is 6.07 Å². The summed E-state index contributed by atoms with van der Waals surface area (Å²) in [7, 11) is 0. The van der Waals surface area contributed by atoms with E-state index >= 15 is 0 Å². The molecule has 0 radical (unpaired) electrons. The molecule has 0 unspecified atom stereocenters. The third-order valence-corrected chi connectivity index (χ3v) is 3.81. The minimum Gasteiger partial charge on any atom is -0.352 e. The van der Waals surface area contributed by atoms with Crippen molar-refractivity contribution in [2.45, 2.75) is 26.7 Å². The maximum Gasteiger partial charge on any atom is 0.259 e. The lowest BCUT2D eigenvalue weighted by Crippen LogP contribution is -2.48. The number of carbonyl (C=O) groups excluding carboxylic acids is 1. The van der Waals surface area contributed by atoms with Crippen LogP contribution in [0.25, 0.3) is 11.1 Å². The number of nitrogens with zero attached hydrogens (tertiary/aromatic N) is 2. The van der Waals surface area contributed by atoms with Crippen LogP contribution >= 0.6 is 12.4 Å². The topological polar surface area (TPSA) is 80.0 Å². The summed E-state index contributed by atoms with van der Waals surface area (Å²) in [4.78, 5) is 16.8. The van der Waals surface area contributed by atoms with Crippen LogP contribution in [0.5, 0.6) is 0 Å². The van der Waals surface area contributed by atoms with E-state index in [0.29, 0.717) is 23.7 Å². The summed E-state index contributed by atoms with van der Waals surface area (Å²) in [6, 6.07) is 1.81. The molecular weight excluding hydrogens is 304 g/mol. The number of amides is 1. The average Bonchev–Trinajstić information content (AvgIpc) is 2.79. The summed E-state index contributed by atoms with van der Waals surface area (Å²) in [6.07, 6.45) is 0. The number of hydrogen-bond donors (Lipinski definition) is 2. The summed E-state index contributed by atoms with van der Waals surface area (Å²) in [5.41, 5.74) is 2.58. The van der Waals surface area contributed by atoms with Crippen molar-refractivity contribution in [3.8, 4) is 0 Å². The van der Waals surface area contributed by atoms with E-state index in [4.69, 9.17) is 4.52 Å². The Bertz CT molecular complexity index is 679. The van der Waals surface area contributed by atoms with Crippen LogP contribution in [0.2, 0.25) is 0 Å². The van der Waals surface area contributed by atoms with Gasteiger partial charge >= 0.3 is 0 Å². The molecule has 22 heavy (non-hydrogen) atoms. The molecule has 0 bridgehead atoms. The zero-order chi connectivity index (χ0) is 15.0. The molecule has 0 aliphatic carbocycles. The van der Waals surface area contributed by atoms with Crippen molar-refractivity contribution in [3.05, 3.63) is 23.0 Å². The fourth-order valence-electron chi connectivity index (χ4n) is 2.49. The number of aromatic nitrogens is 2. The molecule has 2 aromatic heterocycles. The Morgan fingerprint density at radius 1 is 1.50 bits per heavy atom. The molecule has 1 saturated heterocycles. The molecular formula is C15H21ClN4O2. The first-order valence-corrected chi connectivity index (χ1v) is 7.32. The van der Waals surface area contributed by atoms with E-state index in [1.807, 2.05) is 20.8 Å². The van der Waals surface area contributed by atoms with Gasteiger partial charge in [0, 0.05) is 31.2 Å². The van der Waals surface area contributed by atoms with Gasteiger partial charge in [0.25, 0.3) is 11.6 Å². The van der Waals surface area contributed by atoms with E-state index in [0.717, 1.165) is 29.9 Å². The minimum absolute atomic E-state index is 0. The number of rotatable bonds is 4. The maximum atomic E-state index is 12.5. The third kappa shape index (κ3) is 3.08. The molecule has 1 amide bonds. The van der Waals surface area contributed by atoms with Crippen LogP contribution in [-0.2, 0) is 0 Å². The summed E-state index contributed by atoms with van der Waals surface area (Å²) in [6.45, 7) is 8.53. The van der Waals surface area contributed by atoms with Gasteiger partial charge in [0.2, 0.25) is 0 Å². The van der Waals surface area contributed by atoms with Crippen molar-refractivity contribution in [1.29, 1.82) is 0 Å². The molecule has 1 aliphatic heterocycles. The van der Waals surface area contributed by atoms with Gasteiger partial charge in [0.15, 0.2) is 0 Å². The Morgan fingerprint density at radius 3 is 2.82 bits per heavy atom. The predicted molar refractivity (Wildman–Crippen MR) is 86.6 cm³/mol. The zero-order valence-electron chi connectivity index (χ0n) is 13.0. The van der Waals surface area contributed by atoms with Crippen LogP contribution < -0.4 is 10.6 Å². The molecule has 2 aromatic rings. The van der Waals surface area contributed by atoms with Crippen molar-refractivity contribution in [2.75, 3.05) is 19.6 Å². The Morgan fingerprint density at radius 2 is 2.23 bits per heavy atom. The SMILES string of the molecule is Cc1cc(C(=O)NCC2CNC2)c2c(C(C)C)noc2n1.Cl. The normalized spacial score (nSPS) is 14.7. The highest BCUT2D eigenvalue weighted by Crippen LogP contribution is 2.27. The molecule has 1 aliphatic rings. The highest BCUT2D eigenvalue weighted by Gasteiger charge is 2.23. The molecule has 0 saturated carbocycles. The highest BCUT2D eigenvalue weighted by atomic mass is 35.5. The first-order valence-electron chi connectivity index (χ1n) is 7.32. The molecule has 0 atom stereocenters. The number of fused-ring (bicyclic) bond motifs is 1. The molecule has 2 N–H and O–H groups in total. The number of aryl methyl sites for hydroxylation is 1. The van der Waals surface area contributed by atoms with Crippen LogP contribution in [-0.4, -0.2) is 35.7 Å². The quantitative estimate of drug-likeness (QED) is 0.899. The average molecular weight is 325 g/mol. The standard InChI is InChI=1S/C15H20N4O2.ClH/c1-8(2)13-12-11(4-9(3)18-15(12)21-19-13)14(20)17-7-10-5-16-6-10;/h4,8,10,16H,5-7H2,1-3H3,(H,17,20);1H. The Balaban J connectivity index is 0.00000176. The van der Waals surface area contributed by atoms with E-state index in [1.165, 1.54) is 0 Å². The molecule has 3 heterocycles. The molecule has 0 spiro atoms. The number of nitrogens with one attached hydrogen (secondary N) is 2. The van der Waals surface area contributed by atoms with Crippen molar-refractivity contribution < 1.29 is 9.32 Å². The lowest BCUT2D eigenvalue weighted by Gasteiger charge is -2.27. The summed E-state index contributed by atoms with van der Waals surface area (Å²) in [5, 5.41) is 11.0. The second kappa shape index (κ2) is 6.62. The van der Waals surface area contributed by atoms with Gasteiger partial charge in [-0.3, -0.25) is 4.79 Å². The first-order chi connectivity index (χ1) is 10.1. The van der Waals surface area contributed by atoms with Crippen LogP contribution in [0.4, 0.5) is 0 Å². The van der Waals surface area contributed by atoms with E-state index in [2.05, 4.69) is 20.8 Å². The van der Waals surface area contributed by atoms with Crippen molar-refractivity contribution in [1.82, 2.24) is 20.8 Å². The van der Waals surface area contributed by atoms with E-state index < -0.39 is 0 Å². The van der Waals surface area contributed by atoms with Crippen LogP contribution in [0, 0.1) is 12.8 Å².